The van der Waals surface area contributed by atoms with E-state index in [2.05, 4.69) is 33.7 Å². The molecule has 1 heterocycles. The van der Waals surface area contributed by atoms with Crippen molar-refractivity contribution in [2.24, 2.45) is 0 Å². The number of anilines is 1. The fourth-order valence-corrected chi connectivity index (χ4v) is 4.35. The van der Waals surface area contributed by atoms with Crippen molar-refractivity contribution in [1.29, 1.82) is 0 Å². The maximum atomic E-state index is 12.7. The van der Waals surface area contributed by atoms with Crippen molar-refractivity contribution in [3.8, 4) is 0 Å². The number of fused-ring (bicyclic) bond motifs is 3. The van der Waals surface area contributed by atoms with Crippen LogP contribution in [0.2, 0.25) is 0 Å². The Morgan fingerprint density at radius 2 is 1.65 bits per heavy atom. The number of carbonyl (C=O) groups is 1. The molecule has 7 heteroatoms. The molecule has 0 fully saturated rings. The summed E-state index contributed by atoms with van der Waals surface area (Å²) in [5.41, 5.74) is 4.59. The molecule has 0 radical (unpaired) electrons. The first-order valence-electron chi connectivity index (χ1n) is 10.2. The van der Waals surface area contributed by atoms with Gasteiger partial charge in [0.1, 0.15) is 0 Å². The Bertz CT molecular complexity index is 1360. The van der Waals surface area contributed by atoms with E-state index in [4.69, 9.17) is 0 Å². The molecule has 3 aromatic carbocycles. The van der Waals surface area contributed by atoms with E-state index in [1.807, 2.05) is 42.5 Å². The molecule has 0 atom stereocenters. The molecular formula is C24H25N3O3S. The largest absolute Gasteiger partial charge is 0.341 e. The first kappa shape index (κ1) is 21.1. The molecule has 0 aliphatic heterocycles. The molecule has 0 unspecified atom stereocenters. The van der Waals surface area contributed by atoms with Gasteiger partial charge in [0.15, 0.2) is 0 Å². The minimum absolute atomic E-state index is 0.181. The van der Waals surface area contributed by atoms with Crippen LogP contribution in [0.15, 0.2) is 66.7 Å². The number of aryl methyl sites for hydroxylation is 1. The molecule has 0 aliphatic carbocycles. The van der Waals surface area contributed by atoms with Gasteiger partial charge < -0.3 is 9.88 Å². The predicted octanol–water partition coefficient (Wildman–Crippen LogP) is 4.16. The van der Waals surface area contributed by atoms with E-state index in [0.29, 0.717) is 18.5 Å². The van der Waals surface area contributed by atoms with Gasteiger partial charge in [-0.3, -0.25) is 4.79 Å². The van der Waals surface area contributed by atoms with Gasteiger partial charge in [0.05, 0.1) is 6.26 Å². The van der Waals surface area contributed by atoms with Gasteiger partial charge >= 0.3 is 0 Å². The first-order valence-corrected chi connectivity index (χ1v) is 12.1. The topological polar surface area (TPSA) is 80.2 Å². The lowest BCUT2D eigenvalue weighted by Crippen LogP contribution is -2.24. The standard InChI is InChI=1S/C24H25N3O3S/c1-3-27-22-7-5-4-6-20(22)21-16-19(12-13-23(21)27)26-24(28)18-10-8-17(9-11-18)14-15-25-31(2,29)30/h4-13,16,25H,3,14-15H2,1-2H3,(H,26,28). The molecule has 2 N–H and O–H groups in total. The quantitative estimate of drug-likeness (QED) is 0.457. The van der Waals surface area contributed by atoms with E-state index < -0.39 is 10.0 Å². The van der Waals surface area contributed by atoms with Crippen LogP contribution in [-0.4, -0.2) is 31.7 Å². The predicted molar refractivity (Wildman–Crippen MR) is 126 cm³/mol. The number of amides is 1. The Kier molecular flexibility index (Phi) is 5.80. The van der Waals surface area contributed by atoms with E-state index >= 15 is 0 Å². The molecule has 4 rings (SSSR count). The molecule has 0 saturated heterocycles. The number of carbonyl (C=O) groups excluding carboxylic acids is 1. The molecule has 6 nitrogen and oxygen atoms in total. The minimum atomic E-state index is -3.20. The molecule has 0 saturated carbocycles. The highest BCUT2D eigenvalue weighted by molar-refractivity contribution is 7.88. The van der Waals surface area contributed by atoms with E-state index in [1.165, 1.54) is 10.9 Å². The molecule has 0 aliphatic rings. The van der Waals surface area contributed by atoms with Gasteiger partial charge in [-0.25, -0.2) is 13.1 Å². The number of nitrogens with one attached hydrogen (secondary N) is 2. The van der Waals surface area contributed by atoms with Crippen LogP contribution in [-0.2, 0) is 23.0 Å². The van der Waals surface area contributed by atoms with Crippen molar-refractivity contribution in [2.45, 2.75) is 19.9 Å². The fourth-order valence-electron chi connectivity index (χ4n) is 3.88. The number of benzene rings is 3. The zero-order valence-electron chi connectivity index (χ0n) is 17.6. The number of para-hydroxylation sites is 1. The summed E-state index contributed by atoms with van der Waals surface area (Å²) in [7, 11) is -3.20. The highest BCUT2D eigenvalue weighted by Gasteiger charge is 2.12. The Labute approximate surface area is 181 Å². The van der Waals surface area contributed by atoms with Crippen LogP contribution in [0.1, 0.15) is 22.8 Å². The number of aromatic nitrogens is 1. The van der Waals surface area contributed by atoms with Gasteiger partial charge in [-0.1, -0.05) is 30.3 Å². The third-order valence-electron chi connectivity index (χ3n) is 5.34. The van der Waals surface area contributed by atoms with E-state index in [1.54, 1.807) is 12.1 Å². The molecule has 0 spiro atoms. The van der Waals surface area contributed by atoms with Gasteiger partial charge in [0, 0.05) is 46.1 Å². The summed E-state index contributed by atoms with van der Waals surface area (Å²) in [5.74, 6) is -0.181. The monoisotopic (exact) mass is 435 g/mol. The summed E-state index contributed by atoms with van der Waals surface area (Å²) in [5, 5.41) is 5.27. The Hall–Kier alpha value is -3.16. The fraction of sp³-hybridized carbons (Fsp3) is 0.208. The van der Waals surface area contributed by atoms with E-state index in [0.717, 1.165) is 35.0 Å². The van der Waals surface area contributed by atoms with Crippen molar-refractivity contribution in [1.82, 2.24) is 9.29 Å². The van der Waals surface area contributed by atoms with Crippen molar-refractivity contribution in [3.05, 3.63) is 77.9 Å². The number of hydrogen-bond donors (Lipinski definition) is 2. The third kappa shape index (κ3) is 4.62. The van der Waals surface area contributed by atoms with Crippen LogP contribution in [0.4, 0.5) is 5.69 Å². The van der Waals surface area contributed by atoms with Gasteiger partial charge in [-0.2, -0.15) is 0 Å². The zero-order chi connectivity index (χ0) is 22.0. The zero-order valence-corrected chi connectivity index (χ0v) is 18.4. The number of sulfonamides is 1. The number of rotatable bonds is 7. The maximum absolute atomic E-state index is 12.7. The summed E-state index contributed by atoms with van der Waals surface area (Å²) in [6, 6.07) is 21.5. The molecule has 4 aromatic rings. The van der Waals surface area contributed by atoms with Gasteiger partial charge in [0.25, 0.3) is 5.91 Å². The highest BCUT2D eigenvalue weighted by atomic mass is 32.2. The minimum Gasteiger partial charge on any atom is -0.341 e. The van der Waals surface area contributed by atoms with Crippen molar-refractivity contribution in [3.63, 3.8) is 0 Å². The number of hydrogen-bond acceptors (Lipinski definition) is 3. The van der Waals surface area contributed by atoms with Crippen LogP contribution in [0, 0.1) is 0 Å². The molecule has 0 bridgehead atoms. The lowest BCUT2D eigenvalue weighted by Gasteiger charge is -2.08. The van der Waals surface area contributed by atoms with Crippen LogP contribution in [0.3, 0.4) is 0 Å². The Morgan fingerprint density at radius 1 is 0.935 bits per heavy atom. The van der Waals surface area contributed by atoms with E-state index in [9.17, 15) is 13.2 Å². The molecule has 1 aromatic heterocycles. The second-order valence-electron chi connectivity index (χ2n) is 7.56. The third-order valence-corrected chi connectivity index (χ3v) is 6.07. The highest BCUT2D eigenvalue weighted by Crippen LogP contribution is 2.31. The van der Waals surface area contributed by atoms with Gasteiger partial charge in [-0.15, -0.1) is 0 Å². The first-order chi connectivity index (χ1) is 14.9. The average molecular weight is 436 g/mol. The smallest absolute Gasteiger partial charge is 0.255 e. The normalized spacial score (nSPS) is 11.8. The maximum Gasteiger partial charge on any atom is 0.255 e. The van der Waals surface area contributed by atoms with Crippen molar-refractivity contribution in [2.75, 3.05) is 18.1 Å². The summed E-state index contributed by atoms with van der Waals surface area (Å²) in [6.45, 7) is 3.33. The lowest BCUT2D eigenvalue weighted by molar-refractivity contribution is 0.102. The van der Waals surface area contributed by atoms with Crippen LogP contribution in [0.5, 0.6) is 0 Å². The average Bonchev–Trinajstić information content (AvgIpc) is 3.06. The lowest BCUT2D eigenvalue weighted by atomic mass is 10.1. The molecule has 31 heavy (non-hydrogen) atoms. The second kappa shape index (κ2) is 8.53. The van der Waals surface area contributed by atoms with Crippen molar-refractivity contribution >= 4 is 43.4 Å². The van der Waals surface area contributed by atoms with Crippen LogP contribution >= 0.6 is 0 Å². The Balaban J connectivity index is 1.51. The summed E-state index contributed by atoms with van der Waals surface area (Å²) in [6.07, 6.45) is 1.70. The Morgan fingerprint density at radius 3 is 2.35 bits per heavy atom. The summed E-state index contributed by atoms with van der Waals surface area (Å²) >= 11 is 0. The van der Waals surface area contributed by atoms with Crippen LogP contribution in [0.25, 0.3) is 21.8 Å². The SMILES string of the molecule is CCn1c2ccccc2c2cc(NC(=O)c3ccc(CCNS(C)(=O)=O)cc3)ccc21. The van der Waals surface area contributed by atoms with Gasteiger partial charge in [-0.05, 0) is 55.3 Å². The van der Waals surface area contributed by atoms with E-state index in [-0.39, 0.29) is 5.91 Å². The van der Waals surface area contributed by atoms with Crippen molar-refractivity contribution < 1.29 is 13.2 Å². The van der Waals surface area contributed by atoms with Gasteiger partial charge in [0.2, 0.25) is 10.0 Å². The molecule has 160 valence electrons. The van der Waals surface area contributed by atoms with Crippen LogP contribution < -0.4 is 10.0 Å². The molecular weight excluding hydrogens is 410 g/mol. The summed E-state index contributed by atoms with van der Waals surface area (Å²) in [4.78, 5) is 12.7. The summed E-state index contributed by atoms with van der Waals surface area (Å²) < 4.78 is 27.0. The number of nitrogens with zero attached hydrogens (tertiary/aromatic N) is 1. The molecule has 1 amide bonds. The second-order valence-corrected chi connectivity index (χ2v) is 9.39.